The molecule has 1 heterocycles. The van der Waals surface area contributed by atoms with Gasteiger partial charge in [-0.2, -0.15) is 0 Å². The molecule has 0 aromatic heterocycles. The highest BCUT2D eigenvalue weighted by molar-refractivity contribution is 8.01. The number of amides is 1. The minimum atomic E-state index is -0.248. The number of hydrogen-bond donors (Lipinski definition) is 0. The largest absolute Gasteiger partial charge is 0.325 e. The summed E-state index contributed by atoms with van der Waals surface area (Å²) in [6, 6.07) is 16.6. The van der Waals surface area contributed by atoms with E-state index in [0.29, 0.717) is 6.54 Å². The van der Waals surface area contributed by atoms with Crippen molar-refractivity contribution >= 4 is 17.7 Å². The highest BCUT2D eigenvalue weighted by Crippen LogP contribution is 2.42. The lowest BCUT2D eigenvalue weighted by molar-refractivity contribution is -0.129. The van der Waals surface area contributed by atoms with Gasteiger partial charge >= 0.3 is 0 Å². The molecule has 114 valence electrons. The van der Waals surface area contributed by atoms with Gasteiger partial charge in [-0.05, 0) is 36.6 Å². The summed E-state index contributed by atoms with van der Waals surface area (Å²) >= 11 is 1.63. The van der Waals surface area contributed by atoms with Crippen LogP contribution in [0.2, 0.25) is 0 Å². The summed E-state index contributed by atoms with van der Waals surface area (Å²) < 4.78 is 13.1. The minimum Gasteiger partial charge on any atom is -0.325 e. The third-order valence-corrected chi connectivity index (χ3v) is 5.28. The van der Waals surface area contributed by atoms with E-state index in [2.05, 4.69) is 12.1 Å². The summed E-state index contributed by atoms with van der Waals surface area (Å²) in [5, 5.41) is -0.0716. The minimum absolute atomic E-state index is 0.0215. The van der Waals surface area contributed by atoms with E-state index in [1.54, 1.807) is 23.9 Å². The van der Waals surface area contributed by atoms with Crippen LogP contribution in [0.4, 0.5) is 4.39 Å². The quantitative estimate of drug-likeness (QED) is 0.849. The van der Waals surface area contributed by atoms with Crippen molar-refractivity contribution < 1.29 is 9.18 Å². The van der Waals surface area contributed by atoms with Crippen LogP contribution in [0.3, 0.4) is 0 Å². The van der Waals surface area contributed by atoms with Crippen molar-refractivity contribution in [3.63, 3.8) is 0 Å². The number of benzene rings is 2. The van der Waals surface area contributed by atoms with E-state index < -0.39 is 0 Å². The van der Waals surface area contributed by atoms with Crippen molar-refractivity contribution in [1.29, 1.82) is 0 Å². The van der Waals surface area contributed by atoms with Crippen LogP contribution in [0.25, 0.3) is 0 Å². The van der Waals surface area contributed by atoms with Crippen LogP contribution in [-0.2, 0) is 11.2 Å². The average molecular weight is 315 g/mol. The van der Waals surface area contributed by atoms with Crippen molar-refractivity contribution in [3.8, 4) is 0 Å². The first-order valence-electron chi connectivity index (χ1n) is 7.40. The third-order valence-electron chi connectivity index (χ3n) is 3.89. The van der Waals surface area contributed by atoms with E-state index in [1.165, 1.54) is 17.7 Å². The van der Waals surface area contributed by atoms with Crippen LogP contribution in [0, 0.1) is 5.82 Å². The second kappa shape index (κ2) is 6.53. The van der Waals surface area contributed by atoms with Crippen LogP contribution in [-0.4, -0.2) is 22.6 Å². The molecule has 22 heavy (non-hydrogen) atoms. The van der Waals surface area contributed by atoms with Gasteiger partial charge in [0.1, 0.15) is 11.2 Å². The fourth-order valence-electron chi connectivity index (χ4n) is 2.68. The summed E-state index contributed by atoms with van der Waals surface area (Å²) in [6.45, 7) is 2.62. The maximum atomic E-state index is 13.1. The van der Waals surface area contributed by atoms with Crippen LogP contribution >= 0.6 is 11.8 Å². The molecule has 0 spiro atoms. The second-order valence-corrected chi connectivity index (χ2v) is 6.88. The second-order valence-electron chi connectivity index (χ2n) is 5.45. The number of hydrogen-bond acceptors (Lipinski definition) is 2. The zero-order chi connectivity index (χ0) is 15.5. The average Bonchev–Trinajstić information content (AvgIpc) is 2.82. The Labute approximate surface area is 134 Å². The fraction of sp³-hybridized carbons (Fsp3) is 0.278. The maximum absolute atomic E-state index is 13.1. The fourth-order valence-corrected chi connectivity index (χ4v) is 3.99. The molecule has 0 radical (unpaired) electrons. The van der Waals surface area contributed by atoms with E-state index in [1.807, 2.05) is 30.0 Å². The van der Waals surface area contributed by atoms with Gasteiger partial charge < -0.3 is 4.90 Å². The topological polar surface area (TPSA) is 20.3 Å². The Morgan fingerprint density at radius 3 is 2.45 bits per heavy atom. The van der Waals surface area contributed by atoms with E-state index in [9.17, 15) is 9.18 Å². The van der Waals surface area contributed by atoms with Crippen molar-refractivity contribution in [2.75, 3.05) is 6.54 Å². The predicted molar refractivity (Wildman–Crippen MR) is 88.1 cm³/mol. The molecule has 0 N–H and O–H groups in total. The lowest BCUT2D eigenvalue weighted by Gasteiger charge is -2.24. The van der Waals surface area contributed by atoms with Crippen LogP contribution in [0.1, 0.15) is 23.4 Å². The smallest absolute Gasteiger partial charge is 0.236 e. The third kappa shape index (κ3) is 3.17. The first-order valence-corrected chi connectivity index (χ1v) is 8.35. The molecule has 1 saturated heterocycles. The Hall–Kier alpha value is -1.81. The molecule has 0 saturated carbocycles. The summed E-state index contributed by atoms with van der Waals surface area (Å²) in [7, 11) is 0. The molecular formula is C18H18FNOS. The number of thioether (sulfide) groups is 1. The van der Waals surface area contributed by atoms with Gasteiger partial charge in [0.25, 0.3) is 0 Å². The van der Waals surface area contributed by atoms with Gasteiger partial charge in [-0.1, -0.05) is 42.5 Å². The molecule has 0 unspecified atom stereocenters. The lowest BCUT2D eigenvalue weighted by atomic mass is 10.1. The summed E-state index contributed by atoms with van der Waals surface area (Å²) in [5.41, 5.74) is 2.20. The van der Waals surface area contributed by atoms with E-state index in [0.717, 1.165) is 12.0 Å². The van der Waals surface area contributed by atoms with Gasteiger partial charge in [0.15, 0.2) is 0 Å². The SMILES string of the molecule is C[C@@H]1S[C@@H](c2ccc(F)cc2)N(CCc2ccccc2)C1=O. The molecule has 2 aromatic rings. The Morgan fingerprint density at radius 2 is 1.77 bits per heavy atom. The Bertz CT molecular complexity index is 644. The molecule has 2 atom stereocenters. The predicted octanol–water partition coefficient (Wildman–Crippen LogP) is 4.03. The normalized spacial score (nSPS) is 21.4. The summed E-state index contributed by atoms with van der Waals surface area (Å²) in [5.74, 6) is -0.0859. The number of halogens is 1. The molecule has 2 nitrogen and oxygen atoms in total. The monoisotopic (exact) mass is 315 g/mol. The molecule has 0 bridgehead atoms. The van der Waals surface area contributed by atoms with E-state index >= 15 is 0 Å². The molecular weight excluding hydrogens is 297 g/mol. The van der Waals surface area contributed by atoms with Crippen molar-refractivity contribution in [2.45, 2.75) is 24.0 Å². The Kier molecular flexibility index (Phi) is 4.48. The molecule has 1 aliphatic heterocycles. The Balaban J connectivity index is 1.76. The van der Waals surface area contributed by atoms with Crippen molar-refractivity contribution in [3.05, 3.63) is 71.5 Å². The number of rotatable bonds is 4. The van der Waals surface area contributed by atoms with Gasteiger partial charge in [0.2, 0.25) is 5.91 Å². The Morgan fingerprint density at radius 1 is 1.09 bits per heavy atom. The van der Waals surface area contributed by atoms with Gasteiger partial charge in [0.05, 0.1) is 5.25 Å². The first-order chi connectivity index (χ1) is 10.6. The van der Waals surface area contributed by atoms with Gasteiger partial charge in [-0.3, -0.25) is 4.79 Å². The molecule has 1 fully saturated rings. The number of carbonyl (C=O) groups is 1. The molecule has 2 aromatic carbocycles. The molecule has 0 aliphatic carbocycles. The van der Waals surface area contributed by atoms with Gasteiger partial charge in [0, 0.05) is 6.54 Å². The van der Waals surface area contributed by atoms with Crippen LogP contribution in [0.15, 0.2) is 54.6 Å². The molecule has 1 aliphatic rings. The molecule has 1 amide bonds. The number of nitrogens with zero attached hydrogens (tertiary/aromatic N) is 1. The zero-order valence-corrected chi connectivity index (χ0v) is 13.2. The van der Waals surface area contributed by atoms with Crippen LogP contribution in [0.5, 0.6) is 0 Å². The molecule has 3 rings (SSSR count). The zero-order valence-electron chi connectivity index (χ0n) is 12.4. The number of carbonyl (C=O) groups excluding carboxylic acids is 1. The van der Waals surface area contributed by atoms with E-state index in [-0.39, 0.29) is 22.3 Å². The summed E-state index contributed by atoms with van der Waals surface area (Å²) in [6.07, 6.45) is 0.831. The first kappa shape index (κ1) is 15.1. The highest BCUT2D eigenvalue weighted by Gasteiger charge is 2.37. The van der Waals surface area contributed by atoms with Crippen LogP contribution < -0.4 is 0 Å². The summed E-state index contributed by atoms with van der Waals surface area (Å²) in [4.78, 5) is 14.3. The maximum Gasteiger partial charge on any atom is 0.236 e. The highest BCUT2D eigenvalue weighted by atomic mass is 32.2. The van der Waals surface area contributed by atoms with Gasteiger partial charge in [-0.15, -0.1) is 11.8 Å². The van der Waals surface area contributed by atoms with Gasteiger partial charge in [-0.25, -0.2) is 4.39 Å². The molecule has 4 heteroatoms. The standard InChI is InChI=1S/C18H18FNOS/c1-13-17(21)20(12-11-14-5-3-2-4-6-14)18(22-13)15-7-9-16(19)10-8-15/h2-10,13,18H,11-12H2,1H3/t13-,18-/m0/s1. The van der Waals surface area contributed by atoms with E-state index in [4.69, 9.17) is 0 Å². The lowest BCUT2D eigenvalue weighted by Crippen LogP contribution is -2.32. The van der Waals surface area contributed by atoms with Crippen molar-refractivity contribution in [2.24, 2.45) is 0 Å². The van der Waals surface area contributed by atoms with Crippen molar-refractivity contribution in [1.82, 2.24) is 4.90 Å².